The van der Waals surface area contributed by atoms with Crippen LogP contribution in [-0.4, -0.2) is 12.5 Å². The van der Waals surface area contributed by atoms with E-state index in [-0.39, 0.29) is 12.5 Å². The van der Waals surface area contributed by atoms with Crippen LogP contribution in [0.1, 0.15) is 25.0 Å². The lowest BCUT2D eigenvalue weighted by atomic mass is 10.0. The van der Waals surface area contributed by atoms with E-state index in [1.165, 1.54) is 0 Å². The molecule has 0 bridgehead atoms. The van der Waals surface area contributed by atoms with E-state index in [4.69, 9.17) is 27.9 Å². The lowest BCUT2D eigenvalue weighted by molar-refractivity contribution is -0.118. The molecule has 122 valence electrons. The van der Waals surface area contributed by atoms with Crippen LogP contribution in [0, 0.1) is 0 Å². The van der Waals surface area contributed by atoms with Gasteiger partial charge in [-0.1, -0.05) is 55.2 Å². The molecule has 2 rings (SSSR count). The molecule has 0 saturated carbocycles. The molecular formula is C18H19Cl2NO2. The van der Waals surface area contributed by atoms with E-state index in [1.54, 1.807) is 18.2 Å². The van der Waals surface area contributed by atoms with Gasteiger partial charge in [-0.3, -0.25) is 4.79 Å². The van der Waals surface area contributed by atoms with Gasteiger partial charge in [0.25, 0.3) is 5.91 Å². The summed E-state index contributed by atoms with van der Waals surface area (Å²) in [5.41, 5.74) is 3.10. The quantitative estimate of drug-likeness (QED) is 0.782. The standard InChI is InChI=1S/C18H19Cl2NO2/c1-3-12-6-5-7-13(4-2)18(12)21-17(22)11-23-16-10-14(19)8-9-15(16)20/h5-10H,3-4,11H2,1-2H3,(H,21,22). The van der Waals surface area contributed by atoms with Crippen LogP contribution < -0.4 is 10.1 Å². The van der Waals surface area contributed by atoms with Crippen LogP contribution in [0.3, 0.4) is 0 Å². The Bertz CT molecular complexity index is 679. The van der Waals surface area contributed by atoms with E-state index in [1.807, 2.05) is 18.2 Å². The summed E-state index contributed by atoms with van der Waals surface area (Å²) in [6, 6.07) is 10.9. The minimum Gasteiger partial charge on any atom is -0.482 e. The summed E-state index contributed by atoms with van der Waals surface area (Å²) >= 11 is 11.9. The van der Waals surface area contributed by atoms with E-state index in [2.05, 4.69) is 19.2 Å². The van der Waals surface area contributed by atoms with Crippen molar-refractivity contribution in [2.45, 2.75) is 26.7 Å². The van der Waals surface area contributed by atoms with E-state index in [9.17, 15) is 4.79 Å². The zero-order chi connectivity index (χ0) is 16.8. The Morgan fingerprint density at radius 1 is 1.09 bits per heavy atom. The fourth-order valence-electron chi connectivity index (χ4n) is 2.31. The van der Waals surface area contributed by atoms with Gasteiger partial charge in [-0.2, -0.15) is 0 Å². The number of hydrogen-bond donors (Lipinski definition) is 1. The van der Waals surface area contributed by atoms with Crippen molar-refractivity contribution in [1.29, 1.82) is 0 Å². The largest absolute Gasteiger partial charge is 0.482 e. The van der Waals surface area contributed by atoms with Crippen molar-refractivity contribution in [3.63, 3.8) is 0 Å². The molecule has 23 heavy (non-hydrogen) atoms. The van der Waals surface area contributed by atoms with Gasteiger partial charge in [0.05, 0.1) is 5.02 Å². The summed E-state index contributed by atoms with van der Waals surface area (Å²) in [7, 11) is 0. The number of aryl methyl sites for hydroxylation is 2. The van der Waals surface area contributed by atoms with Gasteiger partial charge < -0.3 is 10.1 Å². The second kappa shape index (κ2) is 8.23. The average molecular weight is 352 g/mol. The van der Waals surface area contributed by atoms with Crippen molar-refractivity contribution in [1.82, 2.24) is 0 Å². The van der Waals surface area contributed by atoms with Crippen LogP contribution >= 0.6 is 23.2 Å². The van der Waals surface area contributed by atoms with Crippen molar-refractivity contribution in [3.05, 3.63) is 57.6 Å². The summed E-state index contributed by atoms with van der Waals surface area (Å²) in [4.78, 5) is 12.2. The molecule has 0 aliphatic heterocycles. The fourth-order valence-corrected chi connectivity index (χ4v) is 2.64. The lowest BCUT2D eigenvalue weighted by Gasteiger charge is -2.15. The highest BCUT2D eigenvalue weighted by Gasteiger charge is 2.11. The Kier molecular flexibility index (Phi) is 6.31. The maximum atomic E-state index is 12.2. The first-order chi connectivity index (χ1) is 11.0. The van der Waals surface area contributed by atoms with Gasteiger partial charge in [0.15, 0.2) is 6.61 Å². The smallest absolute Gasteiger partial charge is 0.262 e. The molecule has 0 saturated heterocycles. The van der Waals surface area contributed by atoms with E-state index < -0.39 is 0 Å². The molecule has 0 aliphatic rings. The molecule has 0 radical (unpaired) electrons. The van der Waals surface area contributed by atoms with Gasteiger partial charge in [0.2, 0.25) is 0 Å². The van der Waals surface area contributed by atoms with Gasteiger partial charge >= 0.3 is 0 Å². The minimum absolute atomic E-state index is 0.124. The molecule has 1 amide bonds. The Balaban J connectivity index is 2.07. The van der Waals surface area contributed by atoms with Crippen LogP contribution in [-0.2, 0) is 17.6 Å². The van der Waals surface area contributed by atoms with E-state index in [0.29, 0.717) is 15.8 Å². The Hall–Kier alpha value is -1.71. The molecule has 0 fully saturated rings. The number of anilines is 1. The zero-order valence-corrected chi connectivity index (χ0v) is 14.7. The number of nitrogens with one attached hydrogen (secondary N) is 1. The molecule has 1 N–H and O–H groups in total. The summed E-state index contributed by atoms with van der Waals surface area (Å²) in [6.45, 7) is 4.00. The number of carbonyl (C=O) groups is 1. The molecule has 0 unspecified atom stereocenters. The van der Waals surface area contributed by atoms with Crippen molar-refractivity contribution in [2.24, 2.45) is 0 Å². The highest BCUT2D eigenvalue weighted by atomic mass is 35.5. The van der Waals surface area contributed by atoms with Gasteiger partial charge in [0, 0.05) is 16.8 Å². The molecule has 0 aliphatic carbocycles. The van der Waals surface area contributed by atoms with E-state index in [0.717, 1.165) is 29.7 Å². The maximum absolute atomic E-state index is 12.2. The number of halogens is 2. The Morgan fingerprint density at radius 2 is 1.74 bits per heavy atom. The highest BCUT2D eigenvalue weighted by Crippen LogP contribution is 2.28. The molecule has 0 heterocycles. The number of hydrogen-bond acceptors (Lipinski definition) is 2. The number of amides is 1. The van der Waals surface area contributed by atoms with Crippen molar-refractivity contribution in [3.8, 4) is 5.75 Å². The number of carbonyl (C=O) groups excluding carboxylic acids is 1. The topological polar surface area (TPSA) is 38.3 Å². The summed E-state index contributed by atoms with van der Waals surface area (Å²) in [5.74, 6) is 0.172. The second-order valence-corrected chi connectivity index (χ2v) is 5.91. The first-order valence-electron chi connectivity index (χ1n) is 7.53. The van der Waals surface area contributed by atoms with Gasteiger partial charge in [-0.25, -0.2) is 0 Å². The van der Waals surface area contributed by atoms with Gasteiger partial charge in [-0.05, 0) is 36.1 Å². The van der Waals surface area contributed by atoms with Crippen LogP contribution in [0.2, 0.25) is 10.0 Å². The molecule has 5 heteroatoms. The Morgan fingerprint density at radius 3 is 2.35 bits per heavy atom. The first kappa shape index (κ1) is 17.6. The summed E-state index contributed by atoms with van der Waals surface area (Å²) < 4.78 is 5.47. The molecule has 0 aromatic heterocycles. The highest BCUT2D eigenvalue weighted by molar-refractivity contribution is 6.34. The van der Waals surface area contributed by atoms with Crippen LogP contribution in [0.15, 0.2) is 36.4 Å². The maximum Gasteiger partial charge on any atom is 0.262 e. The molecule has 3 nitrogen and oxygen atoms in total. The SMILES string of the molecule is CCc1cccc(CC)c1NC(=O)COc1cc(Cl)ccc1Cl. The Labute approximate surface area is 146 Å². The van der Waals surface area contributed by atoms with E-state index >= 15 is 0 Å². The third-order valence-electron chi connectivity index (χ3n) is 3.52. The second-order valence-electron chi connectivity index (χ2n) is 5.07. The van der Waals surface area contributed by atoms with Gasteiger partial charge in [-0.15, -0.1) is 0 Å². The molecule has 2 aromatic rings. The summed E-state index contributed by atoms with van der Waals surface area (Å²) in [5, 5.41) is 3.88. The number of rotatable bonds is 6. The molecule has 0 atom stereocenters. The average Bonchev–Trinajstić information content (AvgIpc) is 2.55. The lowest BCUT2D eigenvalue weighted by Crippen LogP contribution is -2.21. The molecule has 0 spiro atoms. The monoisotopic (exact) mass is 351 g/mol. The number of benzene rings is 2. The van der Waals surface area contributed by atoms with Crippen LogP contribution in [0.4, 0.5) is 5.69 Å². The number of para-hydroxylation sites is 1. The minimum atomic E-state index is -0.225. The third kappa shape index (κ3) is 4.63. The number of ether oxygens (including phenoxy) is 1. The van der Waals surface area contributed by atoms with Crippen LogP contribution in [0.5, 0.6) is 5.75 Å². The summed E-state index contributed by atoms with van der Waals surface area (Å²) in [6.07, 6.45) is 1.70. The van der Waals surface area contributed by atoms with Crippen LogP contribution in [0.25, 0.3) is 0 Å². The van der Waals surface area contributed by atoms with Gasteiger partial charge in [0.1, 0.15) is 5.75 Å². The molecule has 2 aromatic carbocycles. The van der Waals surface area contributed by atoms with Crippen molar-refractivity contribution >= 4 is 34.8 Å². The fraction of sp³-hybridized carbons (Fsp3) is 0.278. The third-order valence-corrected chi connectivity index (χ3v) is 4.06. The normalized spacial score (nSPS) is 10.4. The zero-order valence-electron chi connectivity index (χ0n) is 13.2. The predicted octanol–water partition coefficient (Wildman–Crippen LogP) is 5.14. The predicted molar refractivity (Wildman–Crippen MR) is 95.8 cm³/mol. The van der Waals surface area contributed by atoms with Crippen molar-refractivity contribution < 1.29 is 9.53 Å². The molecular weight excluding hydrogens is 333 g/mol. The first-order valence-corrected chi connectivity index (χ1v) is 8.29. The van der Waals surface area contributed by atoms with Crippen molar-refractivity contribution in [2.75, 3.05) is 11.9 Å².